The van der Waals surface area contributed by atoms with Crippen molar-refractivity contribution in [2.75, 3.05) is 33.4 Å². The number of hydrogen-bond donors (Lipinski definition) is 0. The van der Waals surface area contributed by atoms with Crippen LogP contribution >= 0.6 is 0 Å². The van der Waals surface area contributed by atoms with Crippen molar-refractivity contribution in [1.29, 1.82) is 0 Å². The Labute approximate surface area is 98.2 Å². The Kier molecular flexibility index (Phi) is 7.85. The normalized spacial score (nSPS) is 12.6. The van der Waals surface area contributed by atoms with Gasteiger partial charge < -0.3 is 9.47 Å². The van der Waals surface area contributed by atoms with Crippen LogP contribution in [0.15, 0.2) is 12.2 Å². The molecular formula is C12H23NO3. The number of rotatable bonds is 8. The van der Waals surface area contributed by atoms with Crippen LogP contribution in [-0.2, 0) is 14.3 Å². The second-order valence-corrected chi connectivity index (χ2v) is 3.69. The minimum Gasteiger partial charge on any atom is -0.463 e. The highest BCUT2D eigenvalue weighted by Gasteiger charge is 2.16. The van der Waals surface area contributed by atoms with Crippen LogP contribution in [0.4, 0.5) is 0 Å². The van der Waals surface area contributed by atoms with Gasteiger partial charge in [0, 0.05) is 25.3 Å². The summed E-state index contributed by atoms with van der Waals surface area (Å²) < 4.78 is 9.98. The molecule has 0 aliphatic carbocycles. The first-order valence-electron chi connectivity index (χ1n) is 5.64. The molecule has 0 heterocycles. The molecule has 0 fully saturated rings. The molecule has 1 unspecified atom stereocenters. The molecule has 0 saturated heterocycles. The fraction of sp³-hybridized carbons (Fsp3) is 0.750. The van der Waals surface area contributed by atoms with Crippen LogP contribution in [0.2, 0.25) is 0 Å². The van der Waals surface area contributed by atoms with Crippen LogP contribution in [-0.4, -0.2) is 50.3 Å². The third-order valence-corrected chi connectivity index (χ3v) is 2.40. The lowest BCUT2D eigenvalue weighted by Gasteiger charge is -2.27. The second-order valence-electron chi connectivity index (χ2n) is 3.69. The van der Waals surface area contributed by atoms with E-state index >= 15 is 0 Å². The monoisotopic (exact) mass is 229 g/mol. The SMILES string of the molecule is C=C(CN(CC)C(C)COC)C(=O)OCC. The zero-order chi connectivity index (χ0) is 12.6. The minimum atomic E-state index is -0.314. The number of esters is 1. The minimum absolute atomic E-state index is 0.265. The highest BCUT2D eigenvalue weighted by atomic mass is 16.5. The molecule has 94 valence electrons. The van der Waals surface area contributed by atoms with Crippen molar-refractivity contribution in [1.82, 2.24) is 4.90 Å². The highest BCUT2D eigenvalue weighted by Crippen LogP contribution is 2.05. The van der Waals surface area contributed by atoms with Crippen molar-refractivity contribution >= 4 is 5.97 Å². The largest absolute Gasteiger partial charge is 0.463 e. The molecule has 0 spiro atoms. The fourth-order valence-corrected chi connectivity index (χ4v) is 1.47. The molecule has 1 atom stereocenters. The molecule has 0 aromatic carbocycles. The first-order chi connectivity index (χ1) is 7.56. The van der Waals surface area contributed by atoms with Crippen LogP contribution in [0, 0.1) is 0 Å². The standard InChI is InChI=1S/C12H23NO3/c1-6-13(11(4)9-15-5)8-10(3)12(14)16-7-2/h11H,3,6-9H2,1-2,4-5H3. The Morgan fingerprint density at radius 3 is 2.50 bits per heavy atom. The van der Waals surface area contributed by atoms with E-state index in [2.05, 4.69) is 18.4 Å². The predicted molar refractivity (Wildman–Crippen MR) is 64.4 cm³/mol. The summed E-state index contributed by atoms with van der Waals surface area (Å²) in [5.41, 5.74) is 0.492. The van der Waals surface area contributed by atoms with Crippen molar-refractivity contribution in [3.05, 3.63) is 12.2 Å². The lowest BCUT2D eigenvalue weighted by Crippen LogP contribution is -2.38. The molecule has 0 saturated carbocycles. The van der Waals surface area contributed by atoms with Crippen molar-refractivity contribution in [2.24, 2.45) is 0 Å². The van der Waals surface area contributed by atoms with Crippen molar-refractivity contribution < 1.29 is 14.3 Å². The molecule has 0 rings (SSSR count). The maximum Gasteiger partial charge on any atom is 0.334 e. The lowest BCUT2D eigenvalue weighted by atomic mass is 10.2. The molecule has 4 nitrogen and oxygen atoms in total. The topological polar surface area (TPSA) is 38.8 Å². The highest BCUT2D eigenvalue weighted by molar-refractivity contribution is 5.88. The van der Waals surface area contributed by atoms with E-state index in [0.29, 0.717) is 25.3 Å². The lowest BCUT2D eigenvalue weighted by molar-refractivity contribution is -0.138. The molecule has 4 heteroatoms. The van der Waals surface area contributed by atoms with Crippen LogP contribution in [0.5, 0.6) is 0 Å². The van der Waals surface area contributed by atoms with Gasteiger partial charge >= 0.3 is 5.97 Å². The average Bonchev–Trinajstić information content (AvgIpc) is 2.26. The van der Waals surface area contributed by atoms with E-state index in [0.717, 1.165) is 6.54 Å². The van der Waals surface area contributed by atoms with Gasteiger partial charge in [-0.15, -0.1) is 0 Å². The van der Waals surface area contributed by atoms with E-state index in [-0.39, 0.29) is 12.0 Å². The predicted octanol–water partition coefficient (Wildman–Crippen LogP) is 1.46. The molecule has 0 bridgehead atoms. The number of carbonyl (C=O) groups is 1. The van der Waals surface area contributed by atoms with Gasteiger partial charge in [0.15, 0.2) is 0 Å². The van der Waals surface area contributed by atoms with Crippen LogP contribution in [0.1, 0.15) is 20.8 Å². The quantitative estimate of drug-likeness (QED) is 0.466. The first kappa shape index (κ1) is 15.1. The van der Waals surface area contributed by atoms with Gasteiger partial charge in [-0.05, 0) is 20.4 Å². The van der Waals surface area contributed by atoms with E-state index < -0.39 is 0 Å². The molecule has 0 aliphatic rings. The summed E-state index contributed by atoms with van der Waals surface area (Å²) in [5, 5.41) is 0. The molecule has 0 amide bonds. The van der Waals surface area contributed by atoms with Gasteiger partial charge in [-0.2, -0.15) is 0 Å². The van der Waals surface area contributed by atoms with E-state index in [1.807, 2.05) is 6.92 Å². The summed E-state index contributed by atoms with van der Waals surface area (Å²) in [6.45, 7) is 12.0. The summed E-state index contributed by atoms with van der Waals surface area (Å²) in [5.74, 6) is -0.314. The van der Waals surface area contributed by atoms with Gasteiger partial charge in [0.1, 0.15) is 0 Å². The summed E-state index contributed by atoms with van der Waals surface area (Å²) in [6, 6.07) is 0.265. The third-order valence-electron chi connectivity index (χ3n) is 2.40. The number of methoxy groups -OCH3 is 1. The Morgan fingerprint density at radius 2 is 2.06 bits per heavy atom. The number of ether oxygens (including phenoxy) is 2. The number of nitrogens with zero attached hydrogens (tertiary/aromatic N) is 1. The number of hydrogen-bond acceptors (Lipinski definition) is 4. The molecule has 0 radical (unpaired) electrons. The Balaban J connectivity index is 4.20. The summed E-state index contributed by atoms with van der Waals surface area (Å²) in [4.78, 5) is 13.5. The van der Waals surface area contributed by atoms with E-state index in [1.165, 1.54) is 0 Å². The number of carbonyl (C=O) groups excluding carboxylic acids is 1. The van der Waals surface area contributed by atoms with Gasteiger partial charge in [0.05, 0.1) is 13.2 Å². The summed E-state index contributed by atoms with van der Waals surface area (Å²) >= 11 is 0. The molecule has 0 aromatic rings. The first-order valence-corrected chi connectivity index (χ1v) is 5.64. The average molecular weight is 229 g/mol. The van der Waals surface area contributed by atoms with Crippen LogP contribution in [0.25, 0.3) is 0 Å². The van der Waals surface area contributed by atoms with Gasteiger partial charge in [-0.1, -0.05) is 13.5 Å². The summed E-state index contributed by atoms with van der Waals surface area (Å²) in [7, 11) is 1.67. The zero-order valence-corrected chi connectivity index (χ0v) is 10.8. The van der Waals surface area contributed by atoms with Crippen molar-refractivity contribution in [2.45, 2.75) is 26.8 Å². The Bertz CT molecular complexity index is 228. The van der Waals surface area contributed by atoms with E-state index in [9.17, 15) is 4.79 Å². The second kappa shape index (κ2) is 8.30. The van der Waals surface area contributed by atoms with Gasteiger partial charge in [-0.25, -0.2) is 4.79 Å². The molecule has 16 heavy (non-hydrogen) atoms. The van der Waals surface area contributed by atoms with E-state index in [4.69, 9.17) is 9.47 Å². The molecule has 0 aliphatic heterocycles. The van der Waals surface area contributed by atoms with Crippen LogP contribution < -0.4 is 0 Å². The summed E-state index contributed by atoms with van der Waals surface area (Å²) in [6.07, 6.45) is 0. The maximum absolute atomic E-state index is 11.4. The van der Waals surface area contributed by atoms with E-state index in [1.54, 1.807) is 14.0 Å². The fourth-order valence-electron chi connectivity index (χ4n) is 1.47. The maximum atomic E-state index is 11.4. The molecule has 0 N–H and O–H groups in total. The Morgan fingerprint density at radius 1 is 1.44 bits per heavy atom. The zero-order valence-electron chi connectivity index (χ0n) is 10.8. The third kappa shape index (κ3) is 5.28. The van der Waals surface area contributed by atoms with Gasteiger partial charge in [-0.3, -0.25) is 4.90 Å². The van der Waals surface area contributed by atoms with Crippen molar-refractivity contribution in [3.8, 4) is 0 Å². The Hall–Kier alpha value is -0.870. The van der Waals surface area contributed by atoms with Crippen molar-refractivity contribution in [3.63, 3.8) is 0 Å². The molecular weight excluding hydrogens is 206 g/mol. The van der Waals surface area contributed by atoms with Gasteiger partial charge in [0.25, 0.3) is 0 Å². The molecule has 0 aromatic heterocycles. The van der Waals surface area contributed by atoms with Crippen LogP contribution in [0.3, 0.4) is 0 Å². The van der Waals surface area contributed by atoms with Gasteiger partial charge in [0.2, 0.25) is 0 Å². The smallest absolute Gasteiger partial charge is 0.334 e. The number of likely N-dealkylation sites (N-methyl/N-ethyl adjacent to an activating group) is 1.